The Morgan fingerprint density at radius 2 is 2.33 bits per heavy atom. The molecule has 1 aromatic rings. The molecule has 0 aliphatic carbocycles. The van der Waals surface area contributed by atoms with Crippen molar-refractivity contribution in [1.29, 1.82) is 0 Å². The van der Waals surface area contributed by atoms with Crippen LogP contribution in [0.4, 0.5) is 15.8 Å². The highest BCUT2D eigenvalue weighted by molar-refractivity contribution is 5.79. The summed E-state index contributed by atoms with van der Waals surface area (Å²) in [6.45, 7) is 0.922. The van der Waals surface area contributed by atoms with Crippen molar-refractivity contribution in [3.8, 4) is 5.75 Å². The number of hydrogen-bond donors (Lipinski definition) is 2. The van der Waals surface area contributed by atoms with Crippen molar-refractivity contribution in [3.05, 3.63) is 28.1 Å². The lowest BCUT2D eigenvalue weighted by Crippen LogP contribution is -2.55. The lowest BCUT2D eigenvalue weighted by atomic mass is 10.1. The predicted octanol–water partition coefficient (Wildman–Crippen LogP) is 0.605. The third-order valence-corrected chi connectivity index (χ3v) is 3.28. The molecule has 1 atom stereocenters. The summed E-state index contributed by atoms with van der Waals surface area (Å²) in [5.74, 6) is -2.06. The molecular formula is C12H14FN3O5. The predicted molar refractivity (Wildman–Crippen MR) is 71.2 cm³/mol. The number of nitro groups is 1. The van der Waals surface area contributed by atoms with Crippen molar-refractivity contribution in [2.45, 2.75) is 6.04 Å². The van der Waals surface area contributed by atoms with Gasteiger partial charge in [0.2, 0.25) is 0 Å². The second kappa shape index (κ2) is 5.92. The van der Waals surface area contributed by atoms with E-state index < -0.39 is 28.4 Å². The van der Waals surface area contributed by atoms with Crippen molar-refractivity contribution in [2.24, 2.45) is 0 Å². The normalized spacial score (nSPS) is 18.4. The summed E-state index contributed by atoms with van der Waals surface area (Å²) in [6.07, 6.45) is 0. The number of piperazine rings is 1. The fraction of sp³-hybridized carbons (Fsp3) is 0.417. The minimum absolute atomic E-state index is 0.0219. The number of ether oxygens (including phenoxy) is 1. The summed E-state index contributed by atoms with van der Waals surface area (Å²) in [5.41, 5.74) is -0.521. The zero-order valence-electron chi connectivity index (χ0n) is 11.2. The lowest BCUT2D eigenvalue weighted by molar-refractivity contribution is -0.385. The van der Waals surface area contributed by atoms with Crippen LogP contribution in [0.5, 0.6) is 5.75 Å². The second-order valence-electron chi connectivity index (χ2n) is 4.48. The molecule has 0 amide bonds. The van der Waals surface area contributed by atoms with E-state index in [-0.39, 0.29) is 24.5 Å². The molecule has 1 unspecified atom stereocenters. The number of anilines is 1. The molecule has 1 aliphatic heterocycles. The van der Waals surface area contributed by atoms with Gasteiger partial charge in [0.25, 0.3) is 0 Å². The maximum atomic E-state index is 14.1. The van der Waals surface area contributed by atoms with Gasteiger partial charge in [0.1, 0.15) is 6.04 Å². The minimum Gasteiger partial charge on any atom is -0.490 e. The van der Waals surface area contributed by atoms with Gasteiger partial charge in [-0.15, -0.1) is 0 Å². The molecule has 2 N–H and O–H groups in total. The van der Waals surface area contributed by atoms with Gasteiger partial charge in [-0.3, -0.25) is 10.1 Å². The monoisotopic (exact) mass is 299 g/mol. The quantitative estimate of drug-likeness (QED) is 0.619. The molecule has 1 fully saturated rings. The van der Waals surface area contributed by atoms with Crippen LogP contribution in [0.2, 0.25) is 0 Å². The molecule has 0 spiro atoms. The smallest absolute Gasteiger partial charge is 0.327 e. The van der Waals surface area contributed by atoms with E-state index in [0.717, 1.165) is 12.1 Å². The first-order valence-corrected chi connectivity index (χ1v) is 6.17. The van der Waals surface area contributed by atoms with Gasteiger partial charge in [-0.25, -0.2) is 9.18 Å². The summed E-state index contributed by atoms with van der Waals surface area (Å²) in [7, 11) is 1.23. The molecule has 8 nitrogen and oxygen atoms in total. The minimum atomic E-state index is -1.10. The standard InChI is InChI=1S/C12H14FN3O5/c1-21-11-5-8(7(13)4-9(11)16(19)20)15-3-2-14-6-10(15)12(17)18/h4-5,10,14H,2-3,6H2,1H3,(H,17,18). The number of carboxylic acids is 1. The fourth-order valence-corrected chi connectivity index (χ4v) is 2.27. The molecule has 1 aromatic carbocycles. The van der Waals surface area contributed by atoms with Crippen molar-refractivity contribution >= 4 is 17.3 Å². The van der Waals surface area contributed by atoms with E-state index in [4.69, 9.17) is 4.74 Å². The largest absolute Gasteiger partial charge is 0.490 e. The Morgan fingerprint density at radius 3 is 2.90 bits per heavy atom. The van der Waals surface area contributed by atoms with Gasteiger partial charge in [0.05, 0.1) is 23.8 Å². The fourth-order valence-electron chi connectivity index (χ4n) is 2.27. The average Bonchev–Trinajstić information content (AvgIpc) is 2.46. The SMILES string of the molecule is COc1cc(N2CCNCC2C(=O)O)c(F)cc1[N+](=O)[O-]. The first-order chi connectivity index (χ1) is 9.95. The molecule has 0 radical (unpaired) electrons. The maximum absolute atomic E-state index is 14.1. The van der Waals surface area contributed by atoms with Gasteiger partial charge in [0, 0.05) is 25.7 Å². The number of nitrogens with one attached hydrogen (secondary N) is 1. The van der Waals surface area contributed by atoms with Gasteiger partial charge < -0.3 is 20.1 Å². The summed E-state index contributed by atoms with van der Waals surface area (Å²) in [5, 5.41) is 22.9. The molecule has 1 aliphatic rings. The van der Waals surface area contributed by atoms with E-state index in [1.165, 1.54) is 12.0 Å². The van der Waals surface area contributed by atoms with Gasteiger partial charge in [-0.05, 0) is 0 Å². The van der Waals surface area contributed by atoms with Crippen molar-refractivity contribution in [1.82, 2.24) is 5.32 Å². The topological polar surface area (TPSA) is 105 Å². The number of halogens is 1. The molecule has 21 heavy (non-hydrogen) atoms. The summed E-state index contributed by atoms with van der Waals surface area (Å²) in [4.78, 5) is 22.7. The number of carbonyl (C=O) groups is 1. The van der Waals surface area contributed by atoms with Gasteiger partial charge >= 0.3 is 11.7 Å². The highest BCUT2D eigenvalue weighted by atomic mass is 19.1. The molecule has 2 rings (SSSR count). The van der Waals surface area contributed by atoms with E-state index >= 15 is 0 Å². The summed E-state index contributed by atoms with van der Waals surface area (Å²) in [6, 6.07) is 0.962. The second-order valence-corrected chi connectivity index (χ2v) is 4.48. The average molecular weight is 299 g/mol. The molecule has 1 heterocycles. The van der Waals surface area contributed by atoms with E-state index in [1.54, 1.807) is 0 Å². The zero-order chi connectivity index (χ0) is 15.6. The van der Waals surface area contributed by atoms with Crippen LogP contribution in [0.3, 0.4) is 0 Å². The lowest BCUT2D eigenvalue weighted by Gasteiger charge is -2.35. The number of nitrogens with zero attached hydrogens (tertiary/aromatic N) is 2. The Labute approximate surface area is 119 Å². The third-order valence-electron chi connectivity index (χ3n) is 3.28. The maximum Gasteiger partial charge on any atom is 0.327 e. The molecule has 0 aromatic heterocycles. The van der Waals surface area contributed by atoms with Gasteiger partial charge in [-0.1, -0.05) is 0 Å². The van der Waals surface area contributed by atoms with Crippen LogP contribution in [0.15, 0.2) is 12.1 Å². The van der Waals surface area contributed by atoms with E-state index in [1.807, 2.05) is 0 Å². The summed E-state index contributed by atoms with van der Waals surface area (Å²) >= 11 is 0. The highest BCUT2D eigenvalue weighted by Crippen LogP contribution is 2.35. The third kappa shape index (κ3) is 2.87. The Balaban J connectivity index is 2.47. The number of benzene rings is 1. The highest BCUT2D eigenvalue weighted by Gasteiger charge is 2.32. The van der Waals surface area contributed by atoms with Crippen LogP contribution in [-0.2, 0) is 4.79 Å². The Morgan fingerprint density at radius 1 is 1.62 bits per heavy atom. The first kappa shape index (κ1) is 15.0. The Hall–Kier alpha value is -2.42. The number of methoxy groups -OCH3 is 1. The van der Waals surface area contributed by atoms with Crippen molar-refractivity contribution < 1.29 is 24.0 Å². The van der Waals surface area contributed by atoms with Gasteiger partial charge in [0.15, 0.2) is 11.6 Å². The van der Waals surface area contributed by atoms with Crippen molar-refractivity contribution in [2.75, 3.05) is 31.6 Å². The van der Waals surface area contributed by atoms with Crippen LogP contribution >= 0.6 is 0 Å². The summed E-state index contributed by atoms with van der Waals surface area (Å²) < 4.78 is 19.0. The van der Waals surface area contributed by atoms with Crippen molar-refractivity contribution in [3.63, 3.8) is 0 Å². The number of hydrogen-bond acceptors (Lipinski definition) is 6. The number of aliphatic carboxylic acids is 1. The molecule has 0 bridgehead atoms. The molecule has 114 valence electrons. The molecule has 0 saturated carbocycles. The van der Waals surface area contributed by atoms with E-state index in [0.29, 0.717) is 6.54 Å². The first-order valence-electron chi connectivity index (χ1n) is 6.17. The Bertz CT molecular complexity index is 580. The van der Waals surface area contributed by atoms with Crippen LogP contribution in [0, 0.1) is 15.9 Å². The van der Waals surface area contributed by atoms with Gasteiger partial charge in [-0.2, -0.15) is 0 Å². The van der Waals surface area contributed by atoms with Crippen LogP contribution in [-0.4, -0.2) is 48.8 Å². The Kier molecular flexibility index (Phi) is 4.22. The molecule has 1 saturated heterocycles. The van der Waals surface area contributed by atoms with Crippen LogP contribution < -0.4 is 15.0 Å². The van der Waals surface area contributed by atoms with Crippen LogP contribution in [0.25, 0.3) is 0 Å². The zero-order valence-corrected chi connectivity index (χ0v) is 11.2. The number of nitro benzene ring substituents is 1. The van der Waals surface area contributed by atoms with Crippen LogP contribution in [0.1, 0.15) is 0 Å². The molecule has 9 heteroatoms. The number of carboxylic acid groups (broad SMARTS) is 1. The van der Waals surface area contributed by atoms with E-state index in [9.17, 15) is 24.4 Å². The molecular weight excluding hydrogens is 285 g/mol. The number of rotatable bonds is 4. The van der Waals surface area contributed by atoms with E-state index in [2.05, 4.69) is 5.32 Å².